The normalized spacial score (nSPS) is 20.3. The van der Waals surface area contributed by atoms with E-state index in [1.165, 1.54) is 0 Å². The second-order valence-electron chi connectivity index (χ2n) is 8.01. The van der Waals surface area contributed by atoms with Gasteiger partial charge in [-0.05, 0) is 52.9 Å². The molecule has 1 atom stereocenters. The molecule has 0 aromatic carbocycles. The Labute approximate surface area is 148 Å². The van der Waals surface area contributed by atoms with Crippen LogP contribution in [0.1, 0.15) is 51.3 Å². The maximum atomic E-state index is 12.7. The zero-order chi connectivity index (χ0) is 18.2. The first-order chi connectivity index (χ1) is 11.7. The van der Waals surface area contributed by atoms with Crippen molar-refractivity contribution in [1.29, 1.82) is 0 Å². The Kier molecular flexibility index (Phi) is 4.75. The van der Waals surface area contributed by atoms with Crippen LogP contribution in [0.2, 0.25) is 0 Å². The summed E-state index contributed by atoms with van der Waals surface area (Å²) in [5.41, 5.74) is 1.73. The number of hydrogen-bond donors (Lipinski definition) is 1. The molecular formula is C18H28N4O3. The molecule has 2 amide bonds. The summed E-state index contributed by atoms with van der Waals surface area (Å²) < 4.78 is 7.19. The average molecular weight is 348 g/mol. The third-order valence-corrected chi connectivity index (χ3v) is 4.75. The highest BCUT2D eigenvalue weighted by Gasteiger charge is 2.32. The van der Waals surface area contributed by atoms with Crippen molar-refractivity contribution < 1.29 is 14.3 Å². The first kappa shape index (κ1) is 17.8. The van der Waals surface area contributed by atoms with Crippen LogP contribution in [0.3, 0.4) is 0 Å². The number of nitrogens with one attached hydrogen (secondary N) is 1. The van der Waals surface area contributed by atoms with Gasteiger partial charge in [0.2, 0.25) is 5.91 Å². The topological polar surface area (TPSA) is 76.5 Å². The van der Waals surface area contributed by atoms with E-state index in [0.29, 0.717) is 13.1 Å². The average Bonchev–Trinajstić information content (AvgIpc) is 3.08. The molecule has 0 saturated carbocycles. The van der Waals surface area contributed by atoms with Gasteiger partial charge in [-0.2, -0.15) is 5.10 Å². The van der Waals surface area contributed by atoms with E-state index in [1.54, 1.807) is 9.58 Å². The fourth-order valence-corrected chi connectivity index (χ4v) is 3.58. The maximum Gasteiger partial charge on any atom is 0.410 e. The summed E-state index contributed by atoms with van der Waals surface area (Å²) in [5, 5.41) is 7.54. The number of carbonyl (C=O) groups is 2. The van der Waals surface area contributed by atoms with Crippen LogP contribution in [-0.4, -0.2) is 45.4 Å². The summed E-state index contributed by atoms with van der Waals surface area (Å²) in [4.78, 5) is 26.6. The number of piperidine rings is 1. The standard InChI is InChI=1S/C18H28N4O3/c1-18(2,3)25-17(24)22-10-6-7-12(11-22)16(23)19-15-13-8-5-9-14(13)20-21(15)4/h12H,5-11H2,1-4H3,(H,19,23)/t12-/m1/s1. The molecule has 0 bridgehead atoms. The monoisotopic (exact) mass is 348 g/mol. The predicted octanol–water partition coefficient (Wildman–Crippen LogP) is 2.49. The summed E-state index contributed by atoms with van der Waals surface area (Å²) >= 11 is 0. The van der Waals surface area contributed by atoms with Gasteiger partial charge in [0.05, 0.1) is 11.6 Å². The first-order valence-electron chi connectivity index (χ1n) is 9.08. The van der Waals surface area contributed by atoms with Gasteiger partial charge in [-0.1, -0.05) is 0 Å². The molecule has 1 N–H and O–H groups in total. The zero-order valence-corrected chi connectivity index (χ0v) is 15.6. The van der Waals surface area contributed by atoms with E-state index in [9.17, 15) is 9.59 Å². The van der Waals surface area contributed by atoms with Gasteiger partial charge >= 0.3 is 6.09 Å². The lowest BCUT2D eigenvalue weighted by Gasteiger charge is -2.33. The Morgan fingerprint density at radius 1 is 1.24 bits per heavy atom. The van der Waals surface area contributed by atoms with Crippen LogP contribution >= 0.6 is 0 Å². The molecule has 0 spiro atoms. The van der Waals surface area contributed by atoms with Crippen molar-refractivity contribution in [3.8, 4) is 0 Å². The molecule has 2 aliphatic rings. The summed E-state index contributed by atoms with van der Waals surface area (Å²) in [6.45, 7) is 6.59. The molecule has 1 aromatic heterocycles. The van der Waals surface area contributed by atoms with Gasteiger partial charge in [0.15, 0.2) is 0 Å². The van der Waals surface area contributed by atoms with Gasteiger partial charge in [0.25, 0.3) is 0 Å². The molecule has 1 aliphatic carbocycles. The third kappa shape index (κ3) is 3.96. The Hall–Kier alpha value is -2.05. The van der Waals surface area contributed by atoms with Crippen LogP contribution in [0.5, 0.6) is 0 Å². The van der Waals surface area contributed by atoms with Crippen molar-refractivity contribution in [2.75, 3.05) is 18.4 Å². The molecule has 138 valence electrons. The minimum absolute atomic E-state index is 0.0361. The number of likely N-dealkylation sites (tertiary alicyclic amines) is 1. The van der Waals surface area contributed by atoms with E-state index in [0.717, 1.165) is 49.2 Å². The highest BCUT2D eigenvalue weighted by molar-refractivity contribution is 5.93. The number of anilines is 1. The SMILES string of the molecule is Cn1nc2c(c1NC(=O)[C@@H]1CCCN(C(=O)OC(C)(C)C)C1)CCC2. The molecule has 0 unspecified atom stereocenters. The largest absolute Gasteiger partial charge is 0.444 e. The molecule has 1 aliphatic heterocycles. The van der Waals surface area contributed by atoms with Crippen LogP contribution in [-0.2, 0) is 29.4 Å². The number of hydrogen-bond acceptors (Lipinski definition) is 4. The molecule has 1 saturated heterocycles. The minimum Gasteiger partial charge on any atom is -0.444 e. The molecular weight excluding hydrogens is 320 g/mol. The van der Waals surface area contributed by atoms with Gasteiger partial charge in [-0.15, -0.1) is 0 Å². The second kappa shape index (κ2) is 6.69. The molecule has 1 aromatic rings. The fraction of sp³-hybridized carbons (Fsp3) is 0.722. The van der Waals surface area contributed by atoms with E-state index in [-0.39, 0.29) is 17.9 Å². The third-order valence-electron chi connectivity index (χ3n) is 4.75. The van der Waals surface area contributed by atoms with Crippen molar-refractivity contribution in [1.82, 2.24) is 14.7 Å². The fourth-order valence-electron chi connectivity index (χ4n) is 3.58. The molecule has 1 fully saturated rings. The molecule has 2 heterocycles. The van der Waals surface area contributed by atoms with E-state index in [4.69, 9.17) is 4.74 Å². The Morgan fingerprint density at radius 2 is 2.00 bits per heavy atom. The highest BCUT2D eigenvalue weighted by Crippen LogP contribution is 2.29. The first-order valence-corrected chi connectivity index (χ1v) is 9.08. The smallest absolute Gasteiger partial charge is 0.410 e. The van der Waals surface area contributed by atoms with E-state index in [2.05, 4.69) is 10.4 Å². The number of amides is 2. The van der Waals surface area contributed by atoms with Gasteiger partial charge in [-0.25, -0.2) is 4.79 Å². The maximum absolute atomic E-state index is 12.7. The quantitative estimate of drug-likeness (QED) is 0.891. The minimum atomic E-state index is -0.526. The van der Waals surface area contributed by atoms with Crippen LogP contribution < -0.4 is 5.32 Å². The van der Waals surface area contributed by atoms with E-state index >= 15 is 0 Å². The highest BCUT2D eigenvalue weighted by atomic mass is 16.6. The van der Waals surface area contributed by atoms with Crippen LogP contribution in [0.25, 0.3) is 0 Å². The summed E-state index contributed by atoms with van der Waals surface area (Å²) in [5.74, 6) is 0.561. The van der Waals surface area contributed by atoms with Crippen LogP contribution in [0.4, 0.5) is 10.6 Å². The lowest BCUT2D eigenvalue weighted by molar-refractivity contribution is -0.121. The predicted molar refractivity (Wildman–Crippen MR) is 94.4 cm³/mol. The second-order valence-corrected chi connectivity index (χ2v) is 8.01. The van der Waals surface area contributed by atoms with Crippen molar-refractivity contribution in [2.24, 2.45) is 13.0 Å². The van der Waals surface area contributed by atoms with Crippen LogP contribution in [0.15, 0.2) is 0 Å². The number of fused-ring (bicyclic) bond motifs is 1. The number of carbonyl (C=O) groups excluding carboxylic acids is 2. The zero-order valence-electron chi connectivity index (χ0n) is 15.6. The Morgan fingerprint density at radius 3 is 2.72 bits per heavy atom. The van der Waals surface area contributed by atoms with Crippen molar-refractivity contribution in [3.63, 3.8) is 0 Å². The molecule has 3 rings (SSSR count). The number of aromatic nitrogens is 2. The van der Waals surface area contributed by atoms with Gasteiger partial charge in [0.1, 0.15) is 11.4 Å². The summed E-state index contributed by atoms with van der Waals surface area (Å²) in [7, 11) is 1.86. The number of ether oxygens (including phenoxy) is 1. The van der Waals surface area contributed by atoms with Crippen molar-refractivity contribution in [3.05, 3.63) is 11.3 Å². The molecule has 7 nitrogen and oxygen atoms in total. The van der Waals surface area contributed by atoms with Gasteiger partial charge < -0.3 is 15.0 Å². The summed E-state index contributed by atoms with van der Waals surface area (Å²) in [6.07, 6.45) is 4.29. The number of rotatable bonds is 2. The number of nitrogens with zero attached hydrogens (tertiary/aromatic N) is 3. The molecule has 7 heteroatoms. The van der Waals surface area contributed by atoms with E-state index in [1.807, 2.05) is 27.8 Å². The van der Waals surface area contributed by atoms with Crippen molar-refractivity contribution >= 4 is 17.8 Å². The van der Waals surface area contributed by atoms with Crippen molar-refractivity contribution in [2.45, 2.75) is 58.5 Å². The van der Waals surface area contributed by atoms with E-state index < -0.39 is 5.60 Å². The Bertz CT molecular complexity index is 675. The molecule has 0 radical (unpaired) electrons. The Balaban J connectivity index is 1.64. The van der Waals surface area contributed by atoms with Crippen LogP contribution in [0, 0.1) is 5.92 Å². The summed E-state index contributed by atoms with van der Waals surface area (Å²) in [6, 6.07) is 0. The lowest BCUT2D eigenvalue weighted by Crippen LogP contribution is -2.45. The number of aryl methyl sites for hydroxylation is 2. The lowest BCUT2D eigenvalue weighted by atomic mass is 9.97. The van der Waals surface area contributed by atoms with Gasteiger partial charge in [-0.3, -0.25) is 9.48 Å². The van der Waals surface area contributed by atoms with Gasteiger partial charge in [0, 0.05) is 25.7 Å². The molecule has 25 heavy (non-hydrogen) atoms.